The average Bonchev–Trinajstić information content (AvgIpc) is 3.25. The van der Waals surface area contributed by atoms with E-state index in [0.29, 0.717) is 117 Å². The minimum Gasteiger partial charge on any atom is -0.463 e. The van der Waals surface area contributed by atoms with Crippen LogP contribution in [0.2, 0.25) is 0 Å². The number of carbonyl (C=O) groups excluding carboxylic acids is 3. The van der Waals surface area contributed by atoms with Crippen LogP contribution in [0, 0.1) is 0 Å². The summed E-state index contributed by atoms with van der Waals surface area (Å²) in [4.78, 5) is 36.9. The van der Waals surface area contributed by atoms with Gasteiger partial charge in [0.2, 0.25) is 0 Å². The van der Waals surface area contributed by atoms with Gasteiger partial charge < -0.3 is 42.6 Å². The van der Waals surface area contributed by atoms with E-state index in [-0.39, 0.29) is 37.5 Å². The number of nitrogens with zero attached hydrogens (tertiary/aromatic N) is 1. The van der Waals surface area contributed by atoms with Crippen LogP contribution in [0.4, 0.5) is 0 Å². The number of carbonyl (C=O) groups is 3. The zero-order valence-corrected chi connectivity index (χ0v) is 25.3. The predicted molar refractivity (Wildman–Crippen MR) is 154 cm³/mol. The van der Waals surface area contributed by atoms with E-state index in [1.54, 1.807) is 24.3 Å². The van der Waals surface area contributed by atoms with E-state index >= 15 is 0 Å². The number of hydrogen-bond acceptors (Lipinski definition) is 12. The molecule has 0 bridgehead atoms. The van der Waals surface area contributed by atoms with E-state index in [0.717, 1.165) is 6.42 Å². The summed E-state index contributed by atoms with van der Waals surface area (Å²) < 4.78 is 48.4. The zero-order chi connectivity index (χ0) is 30.8. The lowest BCUT2D eigenvalue weighted by atomic mass is 10.1. The van der Waals surface area contributed by atoms with Gasteiger partial charge in [-0.15, -0.1) is 0 Å². The Morgan fingerprint density at radius 1 is 0.535 bits per heavy atom. The molecule has 1 heterocycles. The lowest BCUT2D eigenvalue weighted by Gasteiger charge is -2.13. The van der Waals surface area contributed by atoms with Gasteiger partial charge in [-0.2, -0.15) is 0 Å². The quantitative estimate of drug-likeness (QED) is 0.0740. The maximum atomic E-state index is 12.3. The standard InChI is InChI=1S/C30H47NO12/c1-2-5-28(32)43-25-24-42-23-22-41-21-20-40-19-18-39-17-16-38-15-14-37-13-12-36-11-10-35-9-8-31-29(33)26-6-3-4-7-27(26)30(31)34/h3-4,6-7H,2,5,8-25H2,1H3. The molecule has 0 N–H and O–H groups in total. The van der Waals surface area contributed by atoms with Gasteiger partial charge in [0.25, 0.3) is 11.8 Å². The highest BCUT2D eigenvalue weighted by molar-refractivity contribution is 6.21. The number of fused-ring (bicyclic) bond motifs is 1. The van der Waals surface area contributed by atoms with Crippen molar-refractivity contribution < 1.29 is 57.0 Å². The van der Waals surface area contributed by atoms with Crippen molar-refractivity contribution in [2.24, 2.45) is 0 Å². The smallest absolute Gasteiger partial charge is 0.305 e. The summed E-state index contributed by atoms with van der Waals surface area (Å²) in [6.07, 6.45) is 1.21. The van der Waals surface area contributed by atoms with Gasteiger partial charge in [0.05, 0.1) is 123 Å². The SMILES string of the molecule is CCCC(=O)OCCOCCOCCOCCOCCOCCOCCOCCOCCN1C(=O)c2ccccc2C1=O. The second-order valence-electron chi connectivity index (χ2n) is 9.18. The van der Waals surface area contributed by atoms with Gasteiger partial charge in [0, 0.05) is 6.42 Å². The van der Waals surface area contributed by atoms with Crippen LogP contribution in [-0.4, -0.2) is 142 Å². The van der Waals surface area contributed by atoms with Gasteiger partial charge in [-0.25, -0.2) is 0 Å². The molecule has 2 amide bonds. The maximum Gasteiger partial charge on any atom is 0.305 e. The fourth-order valence-corrected chi connectivity index (χ4v) is 3.73. The van der Waals surface area contributed by atoms with Crippen LogP contribution in [0.15, 0.2) is 24.3 Å². The topological polar surface area (TPSA) is 138 Å². The van der Waals surface area contributed by atoms with Crippen LogP contribution in [0.1, 0.15) is 40.5 Å². The fraction of sp³-hybridized carbons (Fsp3) is 0.700. The molecule has 0 saturated carbocycles. The molecule has 0 radical (unpaired) electrons. The molecule has 0 aliphatic carbocycles. The molecule has 13 nitrogen and oxygen atoms in total. The lowest BCUT2D eigenvalue weighted by molar-refractivity contribution is -0.145. The minimum atomic E-state index is -0.280. The highest BCUT2D eigenvalue weighted by Gasteiger charge is 2.34. The van der Waals surface area contributed by atoms with Crippen LogP contribution in [0.25, 0.3) is 0 Å². The summed E-state index contributed by atoms with van der Waals surface area (Å²) in [5.41, 5.74) is 0.880. The van der Waals surface area contributed by atoms with Gasteiger partial charge in [-0.1, -0.05) is 19.1 Å². The van der Waals surface area contributed by atoms with E-state index in [1.165, 1.54) is 4.90 Å². The number of esters is 1. The monoisotopic (exact) mass is 613 g/mol. The van der Waals surface area contributed by atoms with Gasteiger partial charge in [0.15, 0.2) is 0 Å². The minimum absolute atomic E-state index is 0.195. The molecule has 0 atom stereocenters. The molecule has 244 valence electrons. The van der Waals surface area contributed by atoms with Crippen molar-refractivity contribution in [3.8, 4) is 0 Å². The van der Waals surface area contributed by atoms with Crippen LogP contribution in [-0.2, 0) is 47.4 Å². The Bertz CT molecular complexity index is 865. The normalized spacial score (nSPS) is 12.7. The molecule has 0 aromatic heterocycles. The summed E-state index contributed by atoms with van der Waals surface area (Å²) in [6.45, 7) is 9.32. The van der Waals surface area contributed by atoms with Crippen molar-refractivity contribution >= 4 is 17.8 Å². The number of ether oxygens (including phenoxy) is 9. The van der Waals surface area contributed by atoms with E-state index in [4.69, 9.17) is 42.6 Å². The maximum absolute atomic E-state index is 12.3. The Balaban J connectivity index is 1.21. The summed E-state index contributed by atoms with van der Waals surface area (Å²) in [5.74, 6) is -0.755. The molecular formula is C30H47NO12. The molecule has 0 fully saturated rings. The first-order valence-electron chi connectivity index (χ1n) is 14.9. The third-order valence-corrected chi connectivity index (χ3v) is 5.89. The molecule has 1 aromatic carbocycles. The third-order valence-electron chi connectivity index (χ3n) is 5.89. The third kappa shape index (κ3) is 16.8. The van der Waals surface area contributed by atoms with Crippen LogP contribution in [0.5, 0.6) is 0 Å². The van der Waals surface area contributed by atoms with Crippen molar-refractivity contribution in [1.82, 2.24) is 4.90 Å². The van der Waals surface area contributed by atoms with Gasteiger partial charge in [0.1, 0.15) is 6.61 Å². The molecule has 13 heteroatoms. The zero-order valence-electron chi connectivity index (χ0n) is 25.3. The van der Waals surface area contributed by atoms with E-state index in [2.05, 4.69) is 0 Å². The molecule has 1 aliphatic heterocycles. The van der Waals surface area contributed by atoms with Crippen LogP contribution in [0.3, 0.4) is 0 Å². The molecular weight excluding hydrogens is 566 g/mol. The lowest BCUT2D eigenvalue weighted by Crippen LogP contribution is -2.33. The first-order chi connectivity index (χ1) is 21.1. The molecule has 2 rings (SSSR count). The van der Waals surface area contributed by atoms with Crippen molar-refractivity contribution in [3.05, 3.63) is 35.4 Å². The number of amides is 2. The summed E-state index contributed by atoms with van der Waals surface area (Å²) in [6, 6.07) is 6.81. The number of hydrogen-bond donors (Lipinski definition) is 0. The molecule has 0 unspecified atom stereocenters. The van der Waals surface area contributed by atoms with Crippen molar-refractivity contribution in [1.29, 1.82) is 0 Å². The van der Waals surface area contributed by atoms with Gasteiger partial charge in [-0.05, 0) is 18.6 Å². The molecule has 1 aromatic rings. The van der Waals surface area contributed by atoms with Crippen molar-refractivity contribution in [2.75, 3.05) is 119 Å². The Kier molecular flexibility index (Phi) is 21.3. The molecule has 0 spiro atoms. The van der Waals surface area contributed by atoms with Crippen LogP contribution < -0.4 is 0 Å². The predicted octanol–water partition coefficient (Wildman–Crippen LogP) is 1.76. The van der Waals surface area contributed by atoms with E-state index < -0.39 is 0 Å². The van der Waals surface area contributed by atoms with E-state index in [9.17, 15) is 14.4 Å². The van der Waals surface area contributed by atoms with Crippen LogP contribution >= 0.6 is 0 Å². The number of imide groups is 1. The van der Waals surface area contributed by atoms with Crippen molar-refractivity contribution in [2.45, 2.75) is 19.8 Å². The Morgan fingerprint density at radius 2 is 0.860 bits per heavy atom. The highest BCUT2D eigenvalue weighted by atomic mass is 16.6. The largest absolute Gasteiger partial charge is 0.463 e. The molecule has 0 saturated heterocycles. The second-order valence-corrected chi connectivity index (χ2v) is 9.18. The summed E-state index contributed by atoms with van der Waals surface area (Å²) in [7, 11) is 0. The first-order valence-corrected chi connectivity index (χ1v) is 14.9. The highest BCUT2D eigenvalue weighted by Crippen LogP contribution is 2.21. The van der Waals surface area contributed by atoms with Crippen molar-refractivity contribution in [3.63, 3.8) is 0 Å². The molecule has 1 aliphatic rings. The summed E-state index contributed by atoms with van der Waals surface area (Å²) >= 11 is 0. The average molecular weight is 614 g/mol. The number of benzene rings is 1. The fourth-order valence-electron chi connectivity index (χ4n) is 3.73. The van der Waals surface area contributed by atoms with E-state index in [1.807, 2.05) is 6.92 Å². The van der Waals surface area contributed by atoms with Gasteiger partial charge >= 0.3 is 5.97 Å². The Labute approximate surface area is 253 Å². The number of rotatable bonds is 29. The Morgan fingerprint density at radius 3 is 1.21 bits per heavy atom. The second kappa shape index (κ2) is 24.9. The van der Waals surface area contributed by atoms with Gasteiger partial charge in [-0.3, -0.25) is 19.3 Å². The summed E-state index contributed by atoms with van der Waals surface area (Å²) in [5, 5.41) is 0. The molecule has 43 heavy (non-hydrogen) atoms. The Hall–Kier alpha value is -2.49. The first kappa shape index (κ1) is 36.7.